The molecule has 1 amide bonds. The van der Waals surface area contributed by atoms with Crippen LogP contribution < -0.4 is 10.1 Å². The molecule has 0 bridgehead atoms. The number of ether oxygens (including phenoxy) is 1. The molecule has 1 unspecified atom stereocenters. The van der Waals surface area contributed by atoms with Crippen molar-refractivity contribution in [2.45, 2.75) is 19.4 Å². The van der Waals surface area contributed by atoms with E-state index in [4.69, 9.17) is 4.74 Å². The van der Waals surface area contributed by atoms with E-state index in [9.17, 15) is 4.79 Å². The molecule has 1 atom stereocenters. The lowest BCUT2D eigenvalue weighted by Crippen LogP contribution is -2.30. The third-order valence-electron chi connectivity index (χ3n) is 3.39. The quantitative estimate of drug-likeness (QED) is 0.649. The van der Waals surface area contributed by atoms with Crippen molar-refractivity contribution in [2.75, 3.05) is 5.32 Å². The Balaban J connectivity index is 1.56. The fourth-order valence-corrected chi connectivity index (χ4v) is 3.17. The number of anilines is 1. The van der Waals surface area contributed by atoms with Gasteiger partial charge in [0.2, 0.25) is 5.13 Å². The second-order valence-electron chi connectivity index (χ2n) is 5.37. The summed E-state index contributed by atoms with van der Waals surface area (Å²) in [5.74, 6) is 0.373. The summed E-state index contributed by atoms with van der Waals surface area (Å²) in [6.45, 7) is 1.70. The van der Waals surface area contributed by atoms with E-state index in [0.29, 0.717) is 17.3 Å². The molecule has 7 heteroatoms. The number of carbonyl (C=O) groups excluding carboxylic acids is 1. The predicted octanol–water partition coefficient (Wildman–Crippen LogP) is 4.30. The number of benzene rings is 2. The van der Waals surface area contributed by atoms with Crippen LogP contribution in [0.1, 0.15) is 17.5 Å². The zero-order valence-corrected chi connectivity index (χ0v) is 15.9. The fraction of sp³-hybridized carbons (Fsp3) is 0.167. The molecule has 1 aromatic heterocycles. The van der Waals surface area contributed by atoms with Crippen LogP contribution in [-0.2, 0) is 11.2 Å². The van der Waals surface area contributed by atoms with Gasteiger partial charge >= 0.3 is 0 Å². The molecule has 3 rings (SSSR count). The molecule has 0 saturated carbocycles. The van der Waals surface area contributed by atoms with Gasteiger partial charge < -0.3 is 4.74 Å². The molecule has 0 aliphatic heterocycles. The third kappa shape index (κ3) is 5.11. The zero-order valence-electron chi connectivity index (χ0n) is 13.5. The van der Waals surface area contributed by atoms with Crippen LogP contribution in [0, 0.1) is 0 Å². The fourth-order valence-electron chi connectivity index (χ4n) is 2.12. The highest BCUT2D eigenvalue weighted by molar-refractivity contribution is 9.10. The lowest BCUT2D eigenvalue weighted by atomic mass is 10.2. The van der Waals surface area contributed by atoms with Crippen molar-refractivity contribution < 1.29 is 9.53 Å². The molecule has 0 aliphatic rings. The molecule has 2 aromatic carbocycles. The molecular weight excluding hydrogens is 402 g/mol. The molecule has 0 fully saturated rings. The Kier molecular flexibility index (Phi) is 5.78. The van der Waals surface area contributed by atoms with Crippen LogP contribution in [0.25, 0.3) is 0 Å². The summed E-state index contributed by atoms with van der Waals surface area (Å²) in [6, 6.07) is 17.3. The van der Waals surface area contributed by atoms with Gasteiger partial charge in [-0.05, 0) is 36.8 Å². The monoisotopic (exact) mass is 417 g/mol. The summed E-state index contributed by atoms with van der Waals surface area (Å²) in [5, 5.41) is 12.2. The summed E-state index contributed by atoms with van der Waals surface area (Å²) in [5.41, 5.74) is 1.16. The SMILES string of the molecule is CC(Oc1ccc(Br)cc1)C(=O)Nc1nnc(Cc2ccccc2)s1. The van der Waals surface area contributed by atoms with Crippen molar-refractivity contribution in [3.8, 4) is 5.75 Å². The highest BCUT2D eigenvalue weighted by Crippen LogP contribution is 2.20. The number of hydrogen-bond donors (Lipinski definition) is 1. The van der Waals surface area contributed by atoms with Gasteiger partial charge in [0.1, 0.15) is 10.8 Å². The maximum Gasteiger partial charge on any atom is 0.266 e. The molecule has 1 heterocycles. The van der Waals surface area contributed by atoms with Crippen molar-refractivity contribution in [1.82, 2.24) is 10.2 Å². The largest absolute Gasteiger partial charge is 0.481 e. The Labute approximate surface area is 158 Å². The molecule has 0 aliphatic carbocycles. The average molecular weight is 418 g/mol. The van der Waals surface area contributed by atoms with Gasteiger partial charge in [0.05, 0.1) is 0 Å². The number of nitrogens with one attached hydrogen (secondary N) is 1. The van der Waals surface area contributed by atoms with Crippen LogP contribution in [0.2, 0.25) is 0 Å². The molecule has 3 aromatic rings. The van der Waals surface area contributed by atoms with E-state index in [1.165, 1.54) is 11.3 Å². The van der Waals surface area contributed by atoms with Crippen LogP contribution >= 0.6 is 27.3 Å². The highest BCUT2D eigenvalue weighted by Gasteiger charge is 2.17. The molecule has 1 N–H and O–H groups in total. The first-order valence-corrected chi connectivity index (χ1v) is 9.30. The molecule has 128 valence electrons. The van der Waals surface area contributed by atoms with Crippen LogP contribution in [-0.4, -0.2) is 22.2 Å². The van der Waals surface area contributed by atoms with E-state index in [-0.39, 0.29) is 5.91 Å². The lowest BCUT2D eigenvalue weighted by molar-refractivity contribution is -0.122. The topological polar surface area (TPSA) is 64.1 Å². The smallest absolute Gasteiger partial charge is 0.266 e. The van der Waals surface area contributed by atoms with Gasteiger partial charge in [0.25, 0.3) is 5.91 Å². The minimum atomic E-state index is -0.636. The predicted molar refractivity (Wildman–Crippen MR) is 102 cm³/mol. The lowest BCUT2D eigenvalue weighted by Gasteiger charge is -2.13. The van der Waals surface area contributed by atoms with Crippen LogP contribution in [0.5, 0.6) is 5.75 Å². The number of nitrogens with zero attached hydrogens (tertiary/aromatic N) is 2. The van der Waals surface area contributed by atoms with Crippen LogP contribution in [0.3, 0.4) is 0 Å². The van der Waals surface area contributed by atoms with Crippen LogP contribution in [0.4, 0.5) is 5.13 Å². The summed E-state index contributed by atoms with van der Waals surface area (Å²) in [4.78, 5) is 12.2. The minimum absolute atomic E-state index is 0.259. The first-order chi connectivity index (χ1) is 12.1. The minimum Gasteiger partial charge on any atom is -0.481 e. The second-order valence-corrected chi connectivity index (χ2v) is 7.34. The Hall–Kier alpha value is -2.25. The summed E-state index contributed by atoms with van der Waals surface area (Å²) < 4.78 is 6.58. The second kappa shape index (κ2) is 8.22. The van der Waals surface area contributed by atoms with Gasteiger partial charge in [0, 0.05) is 10.9 Å². The summed E-state index contributed by atoms with van der Waals surface area (Å²) >= 11 is 4.73. The van der Waals surface area contributed by atoms with Gasteiger partial charge in [0.15, 0.2) is 6.10 Å². The average Bonchev–Trinajstić information content (AvgIpc) is 3.04. The Morgan fingerprint density at radius 1 is 1.16 bits per heavy atom. The number of halogens is 1. The van der Waals surface area contributed by atoms with Crippen molar-refractivity contribution in [3.05, 3.63) is 69.6 Å². The van der Waals surface area contributed by atoms with Gasteiger partial charge in [-0.25, -0.2) is 0 Å². The van der Waals surface area contributed by atoms with Crippen molar-refractivity contribution >= 4 is 38.3 Å². The molecule has 0 saturated heterocycles. The van der Waals surface area contributed by atoms with E-state index >= 15 is 0 Å². The first kappa shape index (κ1) is 17.6. The maximum atomic E-state index is 12.2. The Morgan fingerprint density at radius 2 is 1.88 bits per heavy atom. The van der Waals surface area contributed by atoms with Crippen LogP contribution in [0.15, 0.2) is 59.1 Å². The normalized spacial score (nSPS) is 11.8. The zero-order chi connectivity index (χ0) is 17.6. The number of amides is 1. The van der Waals surface area contributed by atoms with E-state index in [0.717, 1.165) is 15.0 Å². The molecule has 5 nitrogen and oxygen atoms in total. The first-order valence-electron chi connectivity index (χ1n) is 7.69. The van der Waals surface area contributed by atoms with E-state index < -0.39 is 6.10 Å². The third-order valence-corrected chi connectivity index (χ3v) is 4.76. The van der Waals surface area contributed by atoms with Gasteiger partial charge in [-0.3, -0.25) is 10.1 Å². The standard InChI is InChI=1S/C18H16BrN3O2S/c1-12(24-15-9-7-14(19)8-10-15)17(23)20-18-22-21-16(25-18)11-13-5-3-2-4-6-13/h2-10,12H,11H2,1H3,(H,20,22,23). The Morgan fingerprint density at radius 3 is 2.60 bits per heavy atom. The molecule has 0 radical (unpaired) electrons. The Bertz CT molecular complexity index is 837. The van der Waals surface area contributed by atoms with E-state index in [1.807, 2.05) is 42.5 Å². The van der Waals surface area contributed by atoms with Crippen molar-refractivity contribution in [1.29, 1.82) is 0 Å². The van der Waals surface area contributed by atoms with Gasteiger partial charge in [-0.1, -0.05) is 57.6 Å². The summed E-state index contributed by atoms with van der Waals surface area (Å²) in [6.07, 6.45) is 0.0573. The molecule has 25 heavy (non-hydrogen) atoms. The maximum absolute atomic E-state index is 12.2. The van der Waals surface area contributed by atoms with Crippen molar-refractivity contribution in [3.63, 3.8) is 0 Å². The number of hydrogen-bond acceptors (Lipinski definition) is 5. The summed E-state index contributed by atoms with van der Waals surface area (Å²) in [7, 11) is 0. The van der Waals surface area contributed by atoms with Crippen molar-refractivity contribution in [2.24, 2.45) is 0 Å². The van der Waals surface area contributed by atoms with E-state index in [1.54, 1.807) is 19.1 Å². The van der Waals surface area contributed by atoms with Gasteiger partial charge in [-0.15, -0.1) is 10.2 Å². The molecular formula is C18H16BrN3O2S. The molecule has 0 spiro atoms. The number of carbonyl (C=O) groups is 1. The highest BCUT2D eigenvalue weighted by atomic mass is 79.9. The van der Waals surface area contributed by atoms with E-state index in [2.05, 4.69) is 31.4 Å². The number of aromatic nitrogens is 2. The van der Waals surface area contributed by atoms with Gasteiger partial charge in [-0.2, -0.15) is 0 Å². The number of rotatable bonds is 6.